The van der Waals surface area contributed by atoms with Gasteiger partial charge >= 0.3 is 0 Å². The van der Waals surface area contributed by atoms with Crippen LogP contribution in [-0.2, 0) is 13.1 Å². The summed E-state index contributed by atoms with van der Waals surface area (Å²) in [4.78, 5) is 4.81. The minimum Gasteiger partial charge on any atom is -0.373 e. The zero-order chi connectivity index (χ0) is 14.8. The molecule has 0 bridgehead atoms. The molecule has 4 nitrogen and oxygen atoms in total. The first kappa shape index (κ1) is 14.8. The SMILES string of the molecule is CC[C@H]1CN(C)c2ccccc2CN1Cc1nnsc1Cl. The molecular formula is C15H19ClN4S. The van der Waals surface area contributed by atoms with Crippen LogP contribution in [0.5, 0.6) is 0 Å². The molecule has 21 heavy (non-hydrogen) atoms. The molecule has 0 spiro atoms. The van der Waals surface area contributed by atoms with Crippen LogP contribution in [0, 0.1) is 0 Å². The Labute approximate surface area is 134 Å². The largest absolute Gasteiger partial charge is 0.373 e. The van der Waals surface area contributed by atoms with Crippen molar-refractivity contribution < 1.29 is 0 Å². The molecule has 0 N–H and O–H groups in total. The first-order valence-corrected chi connectivity index (χ1v) is 8.34. The molecule has 0 aliphatic carbocycles. The third-order valence-corrected chi connectivity index (χ3v) is 5.10. The maximum Gasteiger partial charge on any atom is 0.138 e. The van der Waals surface area contributed by atoms with Gasteiger partial charge in [0.2, 0.25) is 0 Å². The van der Waals surface area contributed by atoms with Gasteiger partial charge in [-0.05, 0) is 18.1 Å². The topological polar surface area (TPSA) is 32.3 Å². The zero-order valence-electron chi connectivity index (χ0n) is 12.3. The van der Waals surface area contributed by atoms with Crippen LogP contribution in [0.25, 0.3) is 0 Å². The van der Waals surface area contributed by atoms with Gasteiger partial charge in [-0.1, -0.05) is 41.2 Å². The van der Waals surface area contributed by atoms with E-state index in [9.17, 15) is 0 Å². The summed E-state index contributed by atoms with van der Waals surface area (Å²) in [6.45, 7) is 4.94. The van der Waals surface area contributed by atoms with Gasteiger partial charge < -0.3 is 4.90 Å². The fourth-order valence-corrected chi connectivity index (χ4v) is 3.56. The van der Waals surface area contributed by atoms with Crippen LogP contribution in [0.15, 0.2) is 24.3 Å². The van der Waals surface area contributed by atoms with E-state index in [2.05, 4.69) is 57.6 Å². The molecule has 0 fully saturated rings. The van der Waals surface area contributed by atoms with E-state index >= 15 is 0 Å². The number of para-hydroxylation sites is 1. The van der Waals surface area contributed by atoms with E-state index in [1.54, 1.807) is 0 Å². The van der Waals surface area contributed by atoms with E-state index in [0.29, 0.717) is 10.4 Å². The number of aromatic nitrogens is 2. The summed E-state index contributed by atoms with van der Waals surface area (Å²) in [7, 11) is 2.17. The molecule has 112 valence electrons. The van der Waals surface area contributed by atoms with Crippen molar-refractivity contribution in [3.8, 4) is 0 Å². The third-order valence-electron chi connectivity index (χ3n) is 4.11. The third kappa shape index (κ3) is 3.05. The second-order valence-electron chi connectivity index (χ2n) is 5.47. The molecule has 2 aromatic rings. The van der Waals surface area contributed by atoms with Crippen LogP contribution >= 0.6 is 23.1 Å². The van der Waals surface area contributed by atoms with Crippen molar-refractivity contribution in [2.24, 2.45) is 0 Å². The highest BCUT2D eigenvalue weighted by Crippen LogP contribution is 2.29. The van der Waals surface area contributed by atoms with Gasteiger partial charge in [0.15, 0.2) is 0 Å². The van der Waals surface area contributed by atoms with Crippen molar-refractivity contribution in [2.75, 3.05) is 18.5 Å². The quantitative estimate of drug-likeness (QED) is 0.866. The second-order valence-corrected chi connectivity index (χ2v) is 6.83. The molecule has 3 rings (SSSR count). The fourth-order valence-electron chi connectivity index (χ4n) is 2.95. The molecule has 1 aliphatic rings. The Hall–Kier alpha value is -1.17. The fraction of sp³-hybridized carbons (Fsp3) is 0.467. The van der Waals surface area contributed by atoms with Gasteiger partial charge in [0.1, 0.15) is 10.0 Å². The number of fused-ring (bicyclic) bond motifs is 1. The Morgan fingerprint density at radius 3 is 2.90 bits per heavy atom. The first-order chi connectivity index (χ1) is 10.2. The Kier molecular flexibility index (Phi) is 4.42. The molecule has 0 saturated heterocycles. The Balaban J connectivity index is 1.89. The lowest BCUT2D eigenvalue weighted by Gasteiger charge is -2.30. The molecule has 2 heterocycles. The molecule has 1 aromatic heterocycles. The molecule has 0 saturated carbocycles. The highest BCUT2D eigenvalue weighted by atomic mass is 35.5. The Morgan fingerprint density at radius 1 is 1.38 bits per heavy atom. The predicted octanol–water partition coefficient (Wildman–Crippen LogP) is 3.42. The van der Waals surface area contributed by atoms with E-state index in [1.807, 2.05) is 0 Å². The summed E-state index contributed by atoms with van der Waals surface area (Å²) in [5.74, 6) is 0. The van der Waals surface area contributed by atoms with Gasteiger partial charge in [-0.25, -0.2) is 0 Å². The zero-order valence-corrected chi connectivity index (χ0v) is 13.9. The second kappa shape index (κ2) is 6.30. The maximum absolute atomic E-state index is 6.18. The predicted molar refractivity (Wildman–Crippen MR) is 88.0 cm³/mol. The highest BCUT2D eigenvalue weighted by Gasteiger charge is 2.26. The molecule has 0 amide bonds. The van der Waals surface area contributed by atoms with Crippen LogP contribution in [0.2, 0.25) is 4.34 Å². The number of likely N-dealkylation sites (N-methyl/N-ethyl adjacent to an activating group) is 1. The number of nitrogens with zero attached hydrogens (tertiary/aromatic N) is 4. The molecule has 1 aliphatic heterocycles. The monoisotopic (exact) mass is 322 g/mol. The van der Waals surface area contributed by atoms with Crippen molar-refractivity contribution >= 4 is 28.8 Å². The van der Waals surface area contributed by atoms with E-state index in [1.165, 1.54) is 22.8 Å². The van der Waals surface area contributed by atoms with E-state index in [0.717, 1.165) is 31.7 Å². The summed E-state index contributed by atoms with van der Waals surface area (Å²) in [6.07, 6.45) is 1.10. The number of halogens is 1. The number of anilines is 1. The van der Waals surface area contributed by atoms with Crippen LogP contribution in [-0.4, -0.2) is 34.1 Å². The smallest absolute Gasteiger partial charge is 0.138 e. The van der Waals surface area contributed by atoms with Crippen LogP contribution in [0.3, 0.4) is 0 Å². The normalized spacial score (nSPS) is 19.4. The molecule has 6 heteroatoms. The van der Waals surface area contributed by atoms with Crippen molar-refractivity contribution in [3.05, 3.63) is 39.9 Å². The van der Waals surface area contributed by atoms with Gasteiger partial charge in [-0.15, -0.1) is 5.10 Å². The first-order valence-electron chi connectivity index (χ1n) is 7.19. The number of hydrogen-bond acceptors (Lipinski definition) is 5. The van der Waals surface area contributed by atoms with E-state index in [4.69, 9.17) is 11.6 Å². The lowest BCUT2D eigenvalue weighted by atomic mass is 10.1. The number of benzene rings is 1. The van der Waals surface area contributed by atoms with Crippen molar-refractivity contribution in [3.63, 3.8) is 0 Å². The highest BCUT2D eigenvalue weighted by molar-refractivity contribution is 7.10. The van der Waals surface area contributed by atoms with Crippen LogP contribution in [0.4, 0.5) is 5.69 Å². The maximum atomic E-state index is 6.18. The molecule has 1 aromatic carbocycles. The van der Waals surface area contributed by atoms with Gasteiger partial charge in [-0.2, -0.15) is 0 Å². The van der Waals surface area contributed by atoms with Gasteiger partial charge in [0.05, 0.1) is 0 Å². The number of rotatable bonds is 3. The summed E-state index contributed by atoms with van der Waals surface area (Å²) >= 11 is 7.44. The van der Waals surface area contributed by atoms with Gasteiger partial charge in [0, 0.05) is 49.9 Å². The lowest BCUT2D eigenvalue weighted by Crippen LogP contribution is -2.39. The Bertz CT molecular complexity index is 615. The minimum atomic E-state index is 0.486. The van der Waals surface area contributed by atoms with Crippen LogP contribution in [0.1, 0.15) is 24.6 Å². The average molecular weight is 323 g/mol. The van der Waals surface area contributed by atoms with Gasteiger partial charge in [-0.3, -0.25) is 4.90 Å². The summed E-state index contributed by atoms with van der Waals surface area (Å²) in [6, 6.07) is 9.10. The van der Waals surface area contributed by atoms with E-state index in [-0.39, 0.29) is 0 Å². The van der Waals surface area contributed by atoms with E-state index < -0.39 is 0 Å². The summed E-state index contributed by atoms with van der Waals surface area (Å²) in [5.41, 5.74) is 3.57. The van der Waals surface area contributed by atoms with Crippen LogP contribution < -0.4 is 4.90 Å². The number of hydrogen-bond donors (Lipinski definition) is 0. The molecule has 0 radical (unpaired) electrons. The minimum absolute atomic E-state index is 0.486. The van der Waals surface area contributed by atoms with Crippen molar-refractivity contribution in [1.29, 1.82) is 0 Å². The molecular weight excluding hydrogens is 304 g/mol. The van der Waals surface area contributed by atoms with Crippen molar-refractivity contribution in [2.45, 2.75) is 32.5 Å². The summed E-state index contributed by atoms with van der Waals surface area (Å²) in [5, 5.41) is 4.17. The molecule has 1 atom stereocenters. The standard InChI is InChI=1S/C15H19ClN4S/c1-3-12-9-19(2)14-7-5-4-6-11(14)8-20(12)10-13-15(16)21-18-17-13/h4-7,12H,3,8-10H2,1-2H3/t12-/m0/s1. The average Bonchev–Trinajstić information content (AvgIpc) is 2.83. The van der Waals surface area contributed by atoms with Crippen molar-refractivity contribution in [1.82, 2.24) is 14.5 Å². The Morgan fingerprint density at radius 2 is 2.19 bits per heavy atom. The molecule has 0 unspecified atom stereocenters. The lowest BCUT2D eigenvalue weighted by molar-refractivity contribution is 0.179. The van der Waals surface area contributed by atoms with Gasteiger partial charge in [0.25, 0.3) is 0 Å². The summed E-state index contributed by atoms with van der Waals surface area (Å²) < 4.78 is 4.65.